The number of ether oxygens (including phenoxy) is 4. The van der Waals surface area contributed by atoms with Gasteiger partial charge in [0.1, 0.15) is 5.75 Å². The SMILES string of the molecule is CCOC(=O)/C=C/c1ccc(O[C@H]2O[C@@H]3O[C@@]4(C)CC[C@H]5[C@H](C)CC[C@@H]([C@H]2C)[C@@]35OO4)cc1. The topological polar surface area (TPSA) is 72.5 Å². The molecule has 4 saturated heterocycles. The molecule has 5 fully saturated rings. The summed E-state index contributed by atoms with van der Waals surface area (Å²) in [5.41, 5.74) is 0.299. The van der Waals surface area contributed by atoms with Crippen LogP contribution in [-0.4, -0.2) is 36.5 Å². The Hall–Kier alpha value is -1.93. The lowest BCUT2D eigenvalue weighted by Crippen LogP contribution is -2.70. The van der Waals surface area contributed by atoms with Gasteiger partial charge in [-0.3, -0.25) is 0 Å². The fourth-order valence-corrected chi connectivity index (χ4v) is 6.15. The number of benzene rings is 1. The van der Waals surface area contributed by atoms with Crippen LogP contribution >= 0.6 is 0 Å². The van der Waals surface area contributed by atoms with Crippen molar-refractivity contribution >= 4 is 12.0 Å². The predicted octanol–water partition coefficient (Wildman–Crippen LogP) is 4.85. The third kappa shape index (κ3) is 3.99. The Kier molecular flexibility index (Phi) is 6.02. The van der Waals surface area contributed by atoms with Gasteiger partial charge in [-0.2, -0.15) is 0 Å². The van der Waals surface area contributed by atoms with Gasteiger partial charge in [0, 0.05) is 24.3 Å². The van der Waals surface area contributed by atoms with Crippen LogP contribution in [-0.2, 0) is 28.8 Å². The molecule has 0 radical (unpaired) electrons. The molecule has 4 aliphatic heterocycles. The number of hydrogen-bond acceptors (Lipinski definition) is 7. The average Bonchev–Trinajstić information content (AvgIpc) is 3.03. The summed E-state index contributed by atoms with van der Waals surface area (Å²) in [4.78, 5) is 23.6. The quantitative estimate of drug-likeness (QED) is 0.355. The van der Waals surface area contributed by atoms with Crippen LogP contribution in [0.2, 0.25) is 0 Å². The van der Waals surface area contributed by atoms with Crippen molar-refractivity contribution in [1.82, 2.24) is 0 Å². The molecule has 0 aromatic heterocycles. The monoisotopic (exact) mass is 458 g/mol. The molecule has 0 unspecified atom stereocenters. The van der Waals surface area contributed by atoms with Gasteiger partial charge >= 0.3 is 5.97 Å². The van der Waals surface area contributed by atoms with Crippen LogP contribution in [0, 0.1) is 23.7 Å². The Morgan fingerprint density at radius 2 is 1.91 bits per heavy atom. The van der Waals surface area contributed by atoms with Crippen LogP contribution in [0.1, 0.15) is 58.9 Å². The summed E-state index contributed by atoms with van der Waals surface area (Å²) >= 11 is 0. The van der Waals surface area contributed by atoms with Crippen molar-refractivity contribution in [2.45, 2.75) is 77.3 Å². The molecule has 8 atom stereocenters. The summed E-state index contributed by atoms with van der Waals surface area (Å²) in [5.74, 6) is 0.744. The maximum Gasteiger partial charge on any atom is 0.330 e. The minimum atomic E-state index is -0.796. The van der Waals surface area contributed by atoms with Gasteiger partial charge in [-0.15, -0.1) is 0 Å². The Morgan fingerprint density at radius 3 is 2.67 bits per heavy atom. The summed E-state index contributed by atoms with van der Waals surface area (Å²) in [6.07, 6.45) is 6.15. The molecule has 180 valence electrons. The van der Waals surface area contributed by atoms with Gasteiger partial charge in [0.15, 0.2) is 11.9 Å². The molecular weight excluding hydrogens is 424 g/mol. The number of rotatable bonds is 5. The lowest BCUT2D eigenvalue weighted by Gasteiger charge is -2.60. The molecule has 33 heavy (non-hydrogen) atoms. The predicted molar refractivity (Wildman–Crippen MR) is 120 cm³/mol. The summed E-state index contributed by atoms with van der Waals surface area (Å²) < 4.78 is 24.1. The highest BCUT2D eigenvalue weighted by Gasteiger charge is 2.69. The van der Waals surface area contributed by atoms with Crippen molar-refractivity contribution in [2.24, 2.45) is 23.7 Å². The molecule has 2 bridgehead atoms. The van der Waals surface area contributed by atoms with E-state index < -0.39 is 24.0 Å². The van der Waals surface area contributed by atoms with Gasteiger partial charge < -0.3 is 18.9 Å². The van der Waals surface area contributed by atoms with Gasteiger partial charge in [-0.1, -0.05) is 26.0 Å². The third-order valence-corrected chi connectivity index (χ3v) is 7.93. The number of carbonyl (C=O) groups excluding carboxylic acids is 1. The number of esters is 1. The number of carbonyl (C=O) groups is 1. The summed E-state index contributed by atoms with van der Waals surface area (Å²) in [6.45, 7) is 8.55. The second-order valence-corrected chi connectivity index (χ2v) is 10.0. The molecule has 1 aromatic carbocycles. The first-order valence-corrected chi connectivity index (χ1v) is 12.2. The van der Waals surface area contributed by atoms with E-state index in [9.17, 15) is 4.79 Å². The molecule has 7 nitrogen and oxygen atoms in total. The zero-order chi connectivity index (χ0) is 23.2. The van der Waals surface area contributed by atoms with Gasteiger partial charge in [-0.25, -0.2) is 14.6 Å². The molecule has 7 heteroatoms. The maximum atomic E-state index is 11.5. The van der Waals surface area contributed by atoms with Crippen molar-refractivity contribution in [3.63, 3.8) is 0 Å². The minimum absolute atomic E-state index is 0.106. The number of fused-ring (bicyclic) bond motifs is 2. The van der Waals surface area contributed by atoms with Crippen LogP contribution in [0.5, 0.6) is 5.75 Å². The van der Waals surface area contributed by atoms with Crippen LogP contribution in [0.15, 0.2) is 30.3 Å². The van der Waals surface area contributed by atoms with Crippen LogP contribution in [0.3, 0.4) is 0 Å². The standard InChI is InChI=1S/C26H34O7/c1-5-28-22(27)13-9-18-7-10-19(11-8-18)29-23-17(3)21-12-6-16(2)20-14-15-25(4)31-24(30-23)26(20,21)33-32-25/h7-11,13,16-17,20-21,23-24H,5-6,12,14-15H2,1-4H3/b13-9+/t16-,17-,20+,21+,23+,24-,25-,26-/m1/s1. The highest BCUT2D eigenvalue weighted by Crippen LogP contribution is 2.60. The van der Waals surface area contributed by atoms with Crippen molar-refractivity contribution in [1.29, 1.82) is 0 Å². The van der Waals surface area contributed by atoms with Gasteiger partial charge in [-0.05, 0) is 68.7 Å². The highest BCUT2D eigenvalue weighted by molar-refractivity contribution is 5.87. The fourth-order valence-electron chi connectivity index (χ4n) is 6.15. The van der Waals surface area contributed by atoms with Crippen LogP contribution < -0.4 is 4.74 Å². The van der Waals surface area contributed by atoms with E-state index in [0.29, 0.717) is 24.2 Å². The molecule has 5 aliphatic rings. The second kappa shape index (κ2) is 8.69. The molecule has 1 spiro atoms. The first kappa shape index (κ1) is 22.8. The van der Waals surface area contributed by atoms with E-state index in [1.54, 1.807) is 13.0 Å². The molecule has 1 saturated carbocycles. The molecule has 0 N–H and O–H groups in total. The van der Waals surface area contributed by atoms with Gasteiger partial charge in [0.2, 0.25) is 12.1 Å². The lowest BCUT2D eigenvalue weighted by molar-refractivity contribution is -0.575. The maximum absolute atomic E-state index is 11.5. The van der Waals surface area contributed by atoms with Crippen molar-refractivity contribution in [2.75, 3.05) is 6.61 Å². The number of hydrogen-bond donors (Lipinski definition) is 0. The van der Waals surface area contributed by atoms with Crippen molar-refractivity contribution in [3.8, 4) is 5.75 Å². The molecule has 0 amide bonds. The van der Waals surface area contributed by atoms with E-state index in [1.807, 2.05) is 31.2 Å². The van der Waals surface area contributed by atoms with E-state index in [-0.39, 0.29) is 17.8 Å². The van der Waals surface area contributed by atoms with Gasteiger partial charge in [0.05, 0.1) is 6.61 Å². The summed E-state index contributed by atoms with van der Waals surface area (Å²) in [6, 6.07) is 7.58. The van der Waals surface area contributed by atoms with E-state index in [0.717, 1.165) is 31.2 Å². The summed E-state index contributed by atoms with van der Waals surface area (Å²) in [5, 5.41) is 0. The first-order chi connectivity index (χ1) is 15.8. The Bertz CT molecular complexity index is 898. The highest BCUT2D eigenvalue weighted by atomic mass is 17.3. The van der Waals surface area contributed by atoms with E-state index in [2.05, 4.69) is 13.8 Å². The largest absolute Gasteiger partial charge is 0.465 e. The zero-order valence-electron chi connectivity index (χ0n) is 19.8. The van der Waals surface area contributed by atoms with Gasteiger partial charge in [0.25, 0.3) is 0 Å². The Balaban J connectivity index is 1.34. The smallest absolute Gasteiger partial charge is 0.330 e. The first-order valence-electron chi connectivity index (χ1n) is 12.2. The molecule has 6 rings (SSSR count). The van der Waals surface area contributed by atoms with Crippen molar-refractivity contribution in [3.05, 3.63) is 35.9 Å². The van der Waals surface area contributed by atoms with E-state index >= 15 is 0 Å². The normalized spacial score (nSPS) is 41.9. The van der Waals surface area contributed by atoms with E-state index in [1.165, 1.54) is 6.08 Å². The molecule has 1 aromatic rings. The van der Waals surface area contributed by atoms with Crippen LogP contribution in [0.25, 0.3) is 6.08 Å². The van der Waals surface area contributed by atoms with Crippen molar-refractivity contribution < 1.29 is 33.5 Å². The summed E-state index contributed by atoms with van der Waals surface area (Å²) in [7, 11) is 0. The zero-order valence-corrected chi connectivity index (χ0v) is 19.8. The molecular formula is C26H34O7. The lowest BCUT2D eigenvalue weighted by atomic mass is 9.58. The Morgan fingerprint density at radius 1 is 1.12 bits per heavy atom. The molecule has 4 heterocycles. The second-order valence-electron chi connectivity index (χ2n) is 10.0. The third-order valence-electron chi connectivity index (χ3n) is 7.93. The fraction of sp³-hybridized carbons (Fsp3) is 0.654. The molecule has 1 aliphatic carbocycles. The van der Waals surface area contributed by atoms with E-state index in [4.69, 9.17) is 28.7 Å². The minimum Gasteiger partial charge on any atom is -0.465 e. The average molecular weight is 459 g/mol. The van der Waals surface area contributed by atoms with Crippen LogP contribution in [0.4, 0.5) is 0 Å². The Labute approximate surface area is 195 Å².